The summed E-state index contributed by atoms with van der Waals surface area (Å²) in [5, 5.41) is 6.58. The van der Waals surface area contributed by atoms with E-state index in [0.717, 1.165) is 34.2 Å². The molecular formula is C12H13N3O. The summed E-state index contributed by atoms with van der Waals surface area (Å²) < 4.78 is 7.54. The maximum Gasteiger partial charge on any atom is 0.136 e. The molecule has 0 saturated heterocycles. The van der Waals surface area contributed by atoms with Crippen LogP contribution in [-0.4, -0.2) is 16.3 Å². The molecule has 0 unspecified atom stereocenters. The van der Waals surface area contributed by atoms with E-state index in [1.165, 1.54) is 0 Å². The highest BCUT2D eigenvalue weighted by molar-refractivity contribution is 6.03. The smallest absolute Gasteiger partial charge is 0.136 e. The summed E-state index contributed by atoms with van der Waals surface area (Å²) in [6.07, 6.45) is 1.87. The molecule has 2 aromatic heterocycles. The van der Waals surface area contributed by atoms with Crippen molar-refractivity contribution < 1.29 is 4.42 Å². The molecule has 0 aliphatic carbocycles. The highest BCUT2D eigenvalue weighted by Crippen LogP contribution is 2.27. The maximum atomic E-state index is 5.61. The molecule has 0 saturated carbocycles. The zero-order valence-electron chi connectivity index (χ0n) is 9.10. The second kappa shape index (κ2) is 3.35. The van der Waals surface area contributed by atoms with Crippen LogP contribution in [0.1, 0.15) is 5.76 Å². The molecule has 2 N–H and O–H groups in total. The second-order valence-electron chi connectivity index (χ2n) is 3.93. The normalized spacial score (nSPS) is 11.6. The van der Waals surface area contributed by atoms with Crippen LogP contribution in [0.5, 0.6) is 0 Å². The van der Waals surface area contributed by atoms with Crippen molar-refractivity contribution in [1.82, 2.24) is 9.78 Å². The third-order valence-electron chi connectivity index (χ3n) is 2.76. The fourth-order valence-corrected chi connectivity index (χ4v) is 2.11. The summed E-state index contributed by atoms with van der Waals surface area (Å²) >= 11 is 0. The standard InChI is InChI=1S/C12H13N3O/c1-8-6-10-11(16-8)3-2-9-7-14-15(5-4-13)12(9)10/h2-3,6-7H,4-5,13H2,1H3. The summed E-state index contributed by atoms with van der Waals surface area (Å²) in [6, 6.07) is 6.06. The lowest BCUT2D eigenvalue weighted by molar-refractivity contribution is 0.578. The van der Waals surface area contributed by atoms with Gasteiger partial charge in [-0.1, -0.05) is 0 Å². The Morgan fingerprint density at radius 3 is 3.12 bits per heavy atom. The average molecular weight is 215 g/mol. The Balaban J connectivity index is 2.41. The Morgan fingerprint density at radius 2 is 2.31 bits per heavy atom. The number of fused-ring (bicyclic) bond motifs is 3. The molecule has 82 valence electrons. The number of benzene rings is 1. The molecule has 0 spiro atoms. The monoisotopic (exact) mass is 215 g/mol. The van der Waals surface area contributed by atoms with Gasteiger partial charge in [-0.3, -0.25) is 4.68 Å². The minimum Gasteiger partial charge on any atom is -0.461 e. The first-order valence-electron chi connectivity index (χ1n) is 5.34. The molecule has 0 aliphatic rings. The van der Waals surface area contributed by atoms with Crippen LogP contribution in [0.4, 0.5) is 0 Å². The van der Waals surface area contributed by atoms with Gasteiger partial charge in [-0.05, 0) is 25.1 Å². The molecule has 4 heteroatoms. The van der Waals surface area contributed by atoms with Gasteiger partial charge in [0.2, 0.25) is 0 Å². The van der Waals surface area contributed by atoms with Crippen LogP contribution in [0, 0.1) is 6.92 Å². The van der Waals surface area contributed by atoms with E-state index in [0.29, 0.717) is 6.54 Å². The van der Waals surface area contributed by atoms with Crippen LogP contribution in [0.3, 0.4) is 0 Å². The van der Waals surface area contributed by atoms with Crippen molar-refractivity contribution in [3.63, 3.8) is 0 Å². The molecule has 0 fully saturated rings. The highest BCUT2D eigenvalue weighted by atomic mass is 16.3. The quantitative estimate of drug-likeness (QED) is 0.711. The van der Waals surface area contributed by atoms with Gasteiger partial charge < -0.3 is 10.2 Å². The molecule has 0 radical (unpaired) electrons. The van der Waals surface area contributed by atoms with Gasteiger partial charge in [-0.15, -0.1) is 0 Å². The average Bonchev–Trinajstić information content (AvgIpc) is 2.81. The fraction of sp³-hybridized carbons (Fsp3) is 0.250. The minimum atomic E-state index is 0.587. The van der Waals surface area contributed by atoms with Crippen LogP contribution in [0.2, 0.25) is 0 Å². The Bertz CT molecular complexity index is 651. The zero-order chi connectivity index (χ0) is 11.1. The van der Waals surface area contributed by atoms with Gasteiger partial charge in [-0.25, -0.2) is 0 Å². The van der Waals surface area contributed by atoms with Gasteiger partial charge in [0.1, 0.15) is 11.3 Å². The number of nitrogens with two attached hydrogens (primary N) is 1. The van der Waals surface area contributed by atoms with Crippen molar-refractivity contribution in [2.24, 2.45) is 5.73 Å². The molecule has 0 aliphatic heterocycles. The van der Waals surface area contributed by atoms with Gasteiger partial charge >= 0.3 is 0 Å². The van der Waals surface area contributed by atoms with Crippen LogP contribution in [0.25, 0.3) is 21.9 Å². The third-order valence-corrected chi connectivity index (χ3v) is 2.76. The first kappa shape index (κ1) is 9.42. The van der Waals surface area contributed by atoms with E-state index in [9.17, 15) is 0 Å². The molecular weight excluding hydrogens is 202 g/mol. The van der Waals surface area contributed by atoms with E-state index < -0.39 is 0 Å². The predicted molar refractivity (Wildman–Crippen MR) is 63.3 cm³/mol. The van der Waals surface area contributed by atoms with Gasteiger partial charge in [0, 0.05) is 17.3 Å². The molecule has 16 heavy (non-hydrogen) atoms. The lowest BCUT2D eigenvalue weighted by Crippen LogP contribution is -2.10. The summed E-state index contributed by atoms with van der Waals surface area (Å²) in [6.45, 7) is 3.27. The number of hydrogen-bond acceptors (Lipinski definition) is 3. The largest absolute Gasteiger partial charge is 0.461 e. The van der Waals surface area contributed by atoms with E-state index in [1.54, 1.807) is 0 Å². The lowest BCUT2D eigenvalue weighted by Gasteiger charge is -2.01. The van der Waals surface area contributed by atoms with Crippen molar-refractivity contribution in [1.29, 1.82) is 0 Å². The summed E-state index contributed by atoms with van der Waals surface area (Å²) in [4.78, 5) is 0. The second-order valence-corrected chi connectivity index (χ2v) is 3.93. The number of furan rings is 1. The predicted octanol–water partition coefficient (Wildman–Crippen LogP) is 2.05. The topological polar surface area (TPSA) is 57.0 Å². The molecule has 4 nitrogen and oxygen atoms in total. The first-order valence-corrected chi connectivity index (χ1v) is 5.34. The van der Waals surface area contributed by atoms with Gasteiger partial charge in [0.15, 0.2) is 0 Å². The Hall–Kier alpha value is -1.81. The summed E-state index contributed by atoms with van der Waals surface area (Å²) in [5.74, 6) is 0.919. The van der Waals surface area contributed by atoms with Crippen LogP contribution < -0.4 is 5.73 Å². The zero-order valence-corrected chi connectivity index (χ0v) is 9.10. The number of aromatic nitrogens is 2. The van der Waals surface area contributed by atoms with Crippen molar-refractivity contribution in [3.05, 3.63) is 30.2 Å². The maximum absolute atomic E-state index is 5.61. The van der Waals surface area contributed by atoms with E-state index >= 15 is 0 Å². The molecule has 2 heterocycles. The van der Waals surface area contributed by atoms with E-state index in [2.05, 4.69) is 5.10 Å². The van der Waals surface area contributed by atoms with Crippen LogP contribution in [-0.2, 0) is 6.54 Å². The molecule has 3 aromatic rings. The third kappa shape index (κ3) is 1.23. The molecule has 3 rings (SSSR count). The van der Waals surface area contributed by atoms with Crippen molar-refractivity contribution >= 4 is 21.9 Å². The minimum absolute atomic E-state index is 0.587. The van der Waals surface area contributed by atoms with Crippen LogP contribution in [0.15, 0.2) is 28.8 Å². The van der Waals surface area contributed by atoms with Crippen molar-refractivity contribution in [2.75, 3.05) is 6.54 Å². The lowest BCUT2D eigenvalue weighted by atomic mass is 10.2. The van der Waals surface area contributed by atoms with Gasteiger partial charge in [-0.2, -0.15) is 5.10 Å². The number of hydrogen-bond donors (Lipinski definition) is 1. The van der Waals surface area contributed by atoms with E-state index in [1.807, 2.05) is 36.0 Å². The summed E-state index contributed by atoms with van der Waals surface area (Å²) in [7, 11) is 0. The Labute approximate surface area is 92.6 Å². The summed E-state index contributed by atoms with van der Waals surface area (Å²) in [5.41, 5.74) is 7.59. The molecule has 0 atom stereocenters. The SMILES string of the molecule is Cc1cc2c(ccc3cnn(CCN)c32)o1. The molecule has 0 bridgehead atoms. The van der Waals surface area contributed by atoms with Crippen molar-refractivity contribution in [3.8, 4) is 0 Å². The highest BCUT2D eigenvalue weighted by Gasteiger charge is 2.09. The number of aryl methyl sites for hydroxylation is 1. The first-order chi connectivity index (χ1) is 7.79. The molecule has 1 aromatic carbocycles. The Morgan fingerprint density at radius 1 is 1.44 bits per heavy atom. The van der Waals surface area contributed by atoms with Gasteiger partial charge in [0.25, 0.3) is 0 Å². The number of rotatable bonds is 2. The van der Waals surface area contributed by atoms with Crippen molar-refractivity contribution in [2.45, 2.75) is 13.5 Å². The molecule has 0 amide bonds. The fourth-order valence-electron chi connectivity index (χ4n) is 2.11. The Kier molecular flexibility index (Phi) is 1.97. The number of nitrogens with zero attached hydrogens (tertiary/aromatic N) is 2. The van der Waals surface area contributed by atoms with Crippen LogP contribution >= 0.6 is 0 Å². The van der Waals surface area contributed by atoms with E-state index in [-0.39, 0.29) is 0 Å². The van der Waals surface area contributed by atoms with Gasteiger partial charge in [0.05, 0.1) is 18.3 Å². The van der Waals surface area contributed by atoms with E-state index in [4.69, 9.17) is 10.2 Å².